The molecule has 29 heavy (non-hydrogen) atoms. The Morgan fingerprint density at radius 2 is 1.24 bits per heavy atom. The summed E-state index contributed by atoms with van der Waals surface area (Å²) < 4.78 is 4.59. The van der Waals surface area contributed by atoms with Crippen LogP contribution in [0.3, 0.4) is 0 Å². The van der Waals surface area contributed by atoms with E-state index in [0.717, 1.165) is 0 Å². The van der Waals surface area contributed by atoms with E-state index in [1.54, 1.807) is 0 Å². The number of benzene rings is 2. The van der Waals surface area contributed by atoms with Gasteiger partial charge in [-0.15, -0.1) is 0 Å². The number of rotatable bonds is 6. The first kappa shape index (κ1) is 21.8. The molecule has 0 unspecified atom stereocenters. The molecule has 0 N–H and O–H groups in total. The predicted molar refractivity (Wildman–Crippen MR) is 131 cm³/mol. The molecular weight excluding hydrogens is 384 g/mol. The topological polar surface area (TPSA) is 8.81 Å². The third kappa shape index (κ3) is 4.64. The van der Waals surface area contributed by atoms with Crippen LogP contribution in [0, 0.1) is 0 Å². The maximum atomic E-state index is 2.46. The van der Waals surface area contributed by atoms with Crippen LogP contribution in [0.15, 0.2) is 67.3 Å². The molecule has 2 atom stereocenters. The highest BCUT2D eigenvalue weighted by molar-refractivity contribution is 6.77. The van der Waals surface area contributed by atoms with Crippen molar-refractivity contribution in [2.45, 2.75) is 64.2 Å². The molecule has 0 spiro atoms. The number of nitrogens with zero attached hydrogens (tertiary/aromatic N) is 2. The number of hydrogen-bond donors (Lipinski definition) is 0. The van der Waals surface area contributed by atoms with Gasteiger partial charge in [0.2, 0.25) is 0 Å². The first-order valence-corrected chi connectivity index (χ1v) is 17.9. The minimum Gasteiger partial charge on any atom is -0.202 e. The predicted octanol–water partition coefficient (Wildman–Crippen LogP) is 6.72. The van der Waals surface area contributed by atoms with Gasteiger partial charge in [0.1, 0.15) is 23.8 Å². The summed E-state index contributed by atoms with van der Waals surface area (Å²) in [6.07, 6.45) is 6.64. The Kier molecular flexibility index (Phi) is 6.07. The quantitative estimate of drug-likeness (QED) is 0.309. The Morgan fingerprint density at radius 1 is 0.724 bits per heavy atom. The van der Waals surface area contributed by atoms with Crippen molar-refractivity contribution in [2.75, 3.05) is 0 Å². The van der Waals surface area contributed by atoms with Gasteiger partial charge in [-0.05, 0) is 34.3 Å². The monoisotopic (exact) mass is 421 g/mol. The Hall–Kier alpha value is -1.92. The lowest BCUT2D eigenvalue weighted by atomic mass is 10.1. The van der Waals surface area contributed by atoms with Crippen LogP contribution in [-0.2, 0) is 0 Å². The maximum Gasteiger partial charge on any atom is 0.254 e. The zero-order valence-electron chi connectivity index (χ0n) is 19.4. The van der Waals surface area contributed by atoms with Gasteiger partial charge in [0.15, 0.2) is 0 Å². The minimum absolute atomic E-state index is 0.605. The van der Waals surface area contributed by atoms with E-state index in [-0.39, 0.29) is 0 Å². The van der Waals surface area contributed by atoms with Crippen molar-refractivity contribution in [1.82, 2.24) is 4.57 Å². The van der Waals surface area contributed by atoms with Gasteiger partial charge in [0.05, 0.1) is 16.1 Å². The van der Waals surface area contributed by atoms with Crippen molar-refractivity contribution in [1.29, 1.82) is 0 Å². The molecule has 0 bridgehead atoms. The van der Waals surface area contributed by atoms with Gasteiger partial charge in [-0.1, -0.05) is 89.5 Å². The fourth-order valence-corrected chi connectivity index (χ4v) is 6.10. The second-order valence-electron chi connectivity index (χ2n) is 10.5. The lowest BCUT2D eigenvalue weighted by Crippen LogP contribution is -2.35. The van der Waals surface area contributed by atoms with Crippen LogP contribution < -0.4 is 4.57 Å². The first-order chi connectivity index (χ1) is 13.5. The Morgan fingerprint density at radius 3 is 1.86 bits per heavy atom. The smallest absolute Gasteiger partial charge is 0.202 e. The molecule has 1 aromatic heterocycles. The van der Waals surface area contributed by atoms with Crippen molar-refractivity contribution in [3.8, 4) is 11.4 Å². The van der Waals surface area contributed by atoms with E-state index < -0.39 is 16.1 Å². The highest BCUT2D eigenvalue weighted by Crippen LogP contribution is 2.31. The second kappa shape index (κ2) is 8.07. The lowest BCUT2D eigenvalue weighted by Gasteiger charge is -2.26. The van der Waals surface area contributed by atoms with Gasteiger partial charge in [-0.3, -0.25) is 0 Å². The lowest BCUT2D eigenvalue weighted by molar-refractivity contribution is -0.595. The van der Waals surface area contributed by atoms with E-state index in [4.69, 9.17) is 0 Å². The summed E-state index contributed by atoms with van der Waals surface area (Å²) in [5.41, 5.74) is 6.73. The summed E-state index contributed by atoms with van der Waals surface area (Å²) >= 11 is 0. The molecule has 0 fully saturated rings. The Bertz CT molecular complexity index is 899. The van der Waals surface area contributed by atoms with Crippen LogP contribution in [0.2, 0.25) is 39.3 Å². The largest absolute Gasteiger partial charge is 0.254 e. The third-order valence-electron chi connectivity index (χ3n) is 6.60. The molecule has 0 aliphatic heterocycles. The Balaban J connectivity index is 2.05. The molecule has 4 heteroatoms. The van der Waals surface area contributed by atoms with Crippen molar-refractivity contribution in [3.05, 3.63) is 78.4 Å². The summed E-state index contributed by atoms with van der Waals surface area (Å²) in [6.45, 7) is 19.5. The first-order valence-electron chi connectivity index (χ1n) is 10.8. The molecule has 0 amide bonds. The molecule has 0 aliphatic rings. The summed E-state index contributed by atoms with van der Waals surface area (Å²) in [6, 6.07) is 17.8. The molecule has 2 aromatic carbocycles. The van der Waals surface area contributed by atoms with Gasteiger partial charge < -0.3 is 0 Å². The molecule has 0 radical (unpaired) electrons. The van der Waals surface area contributed by atoms with Crippen LogP contribution in [-0.4, -0.2) is 20.7 Å². The molecule has 1 heterocycles. The van der Waals surface area contributed by atoms with Crippen molar-refractivity contribution in [3.63, 3.8) is 0 Å². The molecule has 0 aliphatic carbocycles. The standard InChI is InChI=1S/C25H37N2Si2/c1-20(28(3,4)5)22-13-9-11-15-24(22)26-17-18-27(19-26)25-16-12-10-14-23(25)21(2)29(6,7)8/h9-21H,1-8H3/q+1/t20-,21-/m1/s1. The van der Waals surface area contributed by atoms with Crippen LogP contribution in [0.25, 0.3) is 11.4 Å². The molecule has 2 nitrogen and oxygen atoms in total. The molecule has 3 aromatic rings. The Labute approximate surface area is 179 Å². The zero-order valence-corrected chi connectivity index (χ0v) is 21.4. The van der Waals surface area contributed by atoms with Gasteiger partial charge in [-0.2, -0.15) is 0 Å². The molecule has 0 saturated carbocycles. The normalized spacial score (nSPS) is 14.6. The number of imidazole rings is 1. The van der Waals surface area contributed by atoms with Gasteiger partial charge >= 0.3 is 0 Å². The number of para-hydroxylation sites is 2. The van der Waals surface area contributed by atoms with E-state index in [1.807, 2.05) is 0 Å². The average molecular weight is 422 g/mol. The van der Waals surface area contributed by atoms with Gasteiger partial charge in [0.25, 0.3) is 6.33 Å². The van der Waals surface area contributed by atoms with Gasteiger partial charge in [0, 0.05) is 0 Å². The van der Waals surface area contributed by atoms with E-state index in [2.05, 4.69) is 130 Å². The molecule has 3 rings (SSSR count). The second-order valence-corrected chi connectivity index (χ2v) is 21.7. The molecular formula is C25H37N2Si2+. The van der Waals surface area contributed by atoms with Crippen molar-refractivity contribution < 1.29 is 4.57 Å². The van der Waals surface area contributed by atoms with E-state index in [0.29, 0.717) is 11.1 Å². The highest BCUT2D eigenvalue weighted by Gasteiger charge is 2.29. The summed E-state index contributed by atoms with van der Waals surface area (Å²) in [7, 11) is -2.57. The highest BCUT2D eigenvalue weighted by atomic mass is 28.3. The van der Waals surface area contributed by atoms with Gasteiger partial charge in [-0.25, -0.2) is 9.13 Å². The van der Waals surface area contributed by atoms with Crippen LogP contribution in [0.4, 0.5) is 0 Å². The van der Waals surface area contributed by atoms with E-state index >= 15 is 0 Å². The number of aromatic nitrogens is 2. The zero-order chi connectivity index (χ0) is 21.4. The third-order valence-corrected chi connectivity index (χ3v) is 12.4. The summed E-state index contributed by atoms with van der Waals surface area (Å²) in [5, 5.41) is 0. The van der Waals surface area contributed by atoms with E-state index in [9.17, 15) is 0 Å². The maximum absolute atomic E-state index is 2.46. The van der Waals surface area contributed by atoms with Crippen LogP contribution >= 0.6 is 0 Å². The van der Waals surface area contributed by atoms with E-state index in [1.165, 1.54) is 22.5 Å². The van der Waals surface area contributed by atoms with Crippen molar-refractivity contribution in [2.24, 2.45) is 0 Å². The SMILES string of the molecule is C[C@H](c1ccccc1-n1cc[n+](-c2ccccc2[C@@H](C)[Si](C)(C)C)c1)[Si](C)(C)C. The summed E-state index contributed by atoms with van der Waals surface area (Å²) in [4.78, 5) is 0. The summed E-state index contributed by atoms with van der Waals surface area (Å²) in [5.74, 6) is 0. The molecule has 0 saturated heterocycles. The van der Waals surface area contributed by atoms with Crippen molar-refractivity contribution >= 4 is 16.1 Å². The fourth-order valence-electron chi connectivity index (χ4n) is 3.75. The number of hydrogen-bond acceptors (Lipinski definition) is 0. The average Bonchev–Trinajstić information content (AvgIpc) is 3.15. The molecule has 154 valence electrons. The van der Waals surface area contributed by atoms with Crippen LogP contribution in [0.1, 0.15) is 36.1 Å². The fraction of sp³-hybridized carbons (Fsp3) is 0.400. The van der Waals surface area contributed by atoms with Crippen LogP contribution in [0.5, 0.6) is 0 Å². The minimum atomic E-state index is -1.28.